The molecule has 0 saturated heterocycles. The third-order valence-corrected chi connectivity index (χ3v) is 6.73. The number of carbonyl (C=O) groups is 1. The summed E-state index contributed by atoms with van der Waals surface area (Å²) in [6.07, 6.45) is 3.27. The Kier molecular flexibility index (Phi) is 3.49. The van der Waals surface area contributed by atoms with E-state index in [-0.39, 0.29) is 18.7 Å². The number of hydrogen-bond donors (Lipinski definition) is 0. The average Bonchev–Trinajstić information content (AvgIpc) is 3.03. The highest BCUT2D eigenvalue weighted by molar-refractivity contribution is 7.92. The van der Waals surface area contributed by atoms with Crippen molar-refractivity contribution in [2.45, 2.75) is 37.5 Å². The fourth-order valence-corrected chi connectivity index (χ4v) is 5.17. The molecule has 124 valence electrons. The molecule has 2 aliphatic rings. The van der Waals surface area contributed by atoms with E-state index in [0.717, 1.165) is 30.4 Å². The van der Waals surface area contributed by atoms with Gasteiger partial charge in [-0.3, -0.25) is 9.10 Å². The lowest BCUT2D eigenvalue weighted by Crippen LogP contribution is -2.37. The van der Waals surface area contributed by atoms with Gasteiger partial charge in [-0.2, -0.15) is 0 Å². The fourth-order valence-electron chi connectivity index (χ4n) is 3.63. The topological polar surface area (TPSA) is 54.5 Å². The lowest BCUT2D eigenvalue weighted by Gasteiger charge is -2.30. The minimum Gasteiger partial charge on any atom is -0.294 e. The zero-order valence-electron chi connectivity index (χ0n) is 13.6. The second-order valence-electron chi connectivity index (χ2n) is 6.56. The van der Waals surface area contributed by atoms with Crippen molar-refractivity contribution in [1.29, 1.82) is 0 Å². The molecule has 0 amide bonds. The van der Waals surface area contributed by atoms with Gasteiger partial charge in [0.25, 0.3) is 10.0 Å². The predicted molar refractivity (Wildman–Crippen MR) is 93.1 cm³/mol. The number of nitrogens with zero attached hydrogens (tertiary/aromatic N) is 1. The van der Waals surface area contributed by atoms with Gasteiger partial charge in [0, 0.05) is 18.5 Å². The van der Waals surface area contributed by atoms with Gasteiger partial charge in [0.05, 0.1) is 10.6 Å². The van der Waals surface area contributed by atoms with Crippen LogP contribution < -0.4 is 4.31 Å². The number of fused-ring (bicyclic) bond motifs is 2. The zero-order chi connectivity index (χ0) is 16.9. The fraction of sp³-hybridized carbons (Fsp3) is 0.316. The monoisotopic (exact) mass is 341 g/mol. The van der Waals surface area contributed by atoms with E-state index in [0.29, 0.717) is 16.1 Å². The Hall–Kier alpha value is -2.14. The molecule has 0 unspecified atom stereocenters. The van der Waals surface area contributed by atoms with Gasteiger partial charge in [0.1, 0.15) is 0 Å². The molecule has 4 nitrogen and oxygen atoms in total. The number of carbonyl (C=O) groups excluding carboxylic acids is 1. The van der Waals surface area contributed by atoms with Crippen LogP contribution in [0.1, 0.15) is 39.9 Å². The van der Waals surface area contributed by atoms with Crippen LogP contribution in [0.3, 0.4) is 0 Å². The van der Waals surface area contributed by atoms with Gasteiger partial charge in [-0.25, -0.2) is 8.42 Å². The third kappa shape index (κ3) is 2.35. The largest absolute Gasteiger partial charge is 0.294 e. The van der Waals surface area contributed by atoms with Crippen molar-refractivity contribution in [3.63, 3.8) is 0 Å². The molecule has 0 bridgehead atoms. The SMILES string of the molecule is Cc1ccc2c(c1)C(=O)CCN2S(=O)(=O)c1ccc2c(c1)CCC2. The van der Waals surface area contributed by atoms with Crippen LogP contribution in [0.4, 0.5) is 5.69 Å². The molecule has 0 spiro atoms. The van der Waals surface area contributed by atoms with Crippen LogP contribution in [0.5, 0.6) is 0 Å². The lowest BCUT2D eigenvalue weighted by atomic mass is 10.0. The summed E-state index contributed by atoms with van der Waals surface area (Å²) in [6, 6.07) is 10.8. The van der Waals surface area contributed by atoms with Crippen LogP contribution in [-0.4, -0.2) is 20.7 Å². The second-order valence-corrected chi connectivity index (χ2v) is 8.42. The summed E-state index contributed by atoms with van der Waals surface area (Å²) >= 11 is 0. The number of ketones is 1. The maximum absolute atomic E-state index is 13.2. The van der Waals surface area contributed by atoms with Crippen LogP contribution in [0.2, 0.25) is 0 Å². The van der Waals surface area contributed by atoms with Gasteiger partial charge in [0.15, 0.2) is 5.78 Å². The Bertz CT molecular complexity index is 947. The molecule has 0 radical (unpaired) electrons. The first-order valence-corrected chi connectivity index (χ1v) is 9.69. The van der Waals surface area contributed by atoms with E-state index in [1.807, 2.05) is 25.1 Å². The van der Waals surface area contributed by atoms with E-state index in [2.05, 4.69) is 0 Å². The summed E-state index contributed by atoms with van der Waals surface area (Å²) in [5.41, 5.74) is 4.34. The molecular weight excluding hydrogens is 322 g/mol. The predicted octanol–water partition coefficient (Wildman–Crippen LogP) is 3.27. The van der Waals surface area contributed by atoms with Gasteiger partial charge >= 0.3 is 0 Å². The molecule has 24 heavy (non-hydrogen) atoms. The van der Waals surface area contributed by atoms with Gasteiger partial charge < -0.3 is 0 Å². The first-order chi connectivity index (χ1) is 11.5. The van der Waals surface area contributed by atoms with E-state index >= 15 is 0 Å². The standard InChI is InChI=1S/C19H19NO3S/c1-13-5-8-18-17(11-13)19(21)9-10-20(18)24(22,23)16-7-6-14-3-2-4-15(14)12-16/h5-8,11-12H,2-4,9-10H2,1H3. The number of anilines is 1. The third-order valence-electron chi connectivity index (χ3n) is 4.92. The van der Waals surface area contributed by atoms with Crippen LogP contribution in [0.15, 0.2) is 41.3 Å². The highest BCUT2D eigenvalue weighted by atomic mass is 32.2. The second kappa shape index (κ2) is 5.45. The molecule has 4 rings (SSSR count). The first kappa shape index (κ1) is 15.4. The number of aryl methyl sites for hydroxylation is 3. The molecule has 5 heteroatoms. The summed E-state index contributed by atoms with van der Waals surface area (Å²) in [5, 5.41) is 0. The molecular formula is C19H19NO3S. The smallest absolute Gasteiger partial charge is 0.264 e. The van der Waals surface area contributed by atoms with Gasteiger partial charge in [0.2, 0.25) is 0 Å². The highest BCUT2D eigenvalue weighted by Crippen LogP contribution is 2.34. The van der Waals surface area contributed by atoms with E-state index in [1.165, 1.54) is 9.87 Å². The molecule has 2 aromatic carbocycles. The minimum atomic E-state index is -3.65. The molecule has 0 aromatic heterocycles. The molecule has 0 saturated carbocycles. The summed E-state index contributed by atoms with van der Waals surface area (Å²) in [5.74, 6) is 0.00843. The Morgan fingerprint density at radius 2 is 1.75 bits per heavy atom. The van der Waals surface area contributed by atoms with E-state index in [9.17, 15) is 13.2 Å². The summed E-state index contributed by atoms with van der Waals surface area (Å²) in [4.78, 5) is 12.5. The molecule has 2 aromatic rings. The summed E-state index contributed by atoms with van der Waals surface area (Å²) in [7, 11) is -3.65. The Morgan fingerprint density at radius 1 is 0.958 bits per heavy atom. The number of benzene rings is 2. The summed E-state index contributed by atoms with van der Waals surface area (Å²) < 4.78 is 27.7. The average molecular weight is 341 g/mol. The highest BCUT2D eigenvalue weighted by Gasteiger charge is 2.32. The maximum Gasteiger partial charge on any atom is 0.264 e. The number of Topliss-reactive ketones (excluding diaryl/α,β-unsaturated/α-hetero) is 1. The number of rotatable bonds is 2. The molecule has 0 N–H and O–H groups in total. The van der Waals surface area contributed by atoms with Crippen LogP contribution in [0, 0.1) is 6.92 Å². The quantitative estimate of drug-likeness (QED) is 0.842. The zero-order valence-corrected chi connectivity index (χ0v) is 14.4. The molecule has 1 aliphatic carbocycles. The van der Waals surface area contributed by atoms with Crippen molar-refractivity contribution in [3.8, 4) is 0 Å². The van der Waals surface area contributed by atoms with E-state index in [4.69, 9.17) is 0 Å². The Labute approximate surface area is 142 Å². The van der Waals surface area contributed by atoms with Crippen molar-refractivity contribution < 1.29 is 13.2 Å². The van der Waals surface area contributed by atoms with Crippen LogP contribution in [0.25, 0.3) is 0 Å². The van der Waals surface area contributed by atoms with Gasteiger partial charge in [-0.15, -0.1) is 0 Å². The normalized spacial score (nSPS) is 16.9. The first-order valence-electron chi connectivity index (χ1n) is 8.25. The van der Waals surface area contributed by atoms with E-state index < -0.39 is 10.0 Å². The lowest BCUT2D eigenvalue weighted by molar-refractivity contribution is 0.0982. The minimum absolute atomic E-state index is 0.00843. The van der Waals surface area contributed by atoms with Crippen LogP contribution in [-0.2, 0) is 22.9 Å². The van der Waals surface area contributed by atoms with Crippen molar-refractivity contribution >= 4 is 21.5 Å². The van der Waals surface area contributed by atoms with Crippen molar-refractivity contribution in [1.82, 2.24) is 0 Å². The maximum atomic E-state index is 13.2. The number of hydrogen-bond acceptors (Lipinski definition) is 3. The van der Waals surface area contributed by atoms with Crippen molar-refractivity contribution in [3.05, 3.63) is 58.7 Å². The number of sulfonamides is 1. The molecule has 1 aliphatic heterocycles. The Morgan fingerprint density at radius 3 is 2.58 bits per heavy atom. The van der Waals surface area contributed by atoms with E-state index in [1.54, 1.807) is 18.2 Å². The van der Waals surface area contributed by atoms with Crippen LogP contribution >= 0.6 is 0 Å². The molecule has 0 fully saturated rings. The molecule has 0 atom stereocenters. The van der Waals surface area contributed by atoms with Gasteiger partial charge in [-0.1, -0.05) is 17.7 Å². The van der Waals surface area contributed by atoms with Crippen molar-refractivity contribution in [2.75, 3.05) is 10.8 Å². The molecule has 1 heterocycles. The summed E-state index contributed by atoms with van der Waals surface area (Å²) in [6.45, 7) is 2.11. The van der Waals surface area contributed by atoms with Crippen molar-refractivity contribution in [2.24, 2.45) is 0 Å². The Balaban J connectivity index is 1.81. The van der Waals surface area contributed by atoms with Gasteiger partial charge in [-0.05, 0) is 61.6 Å².